The minimum absolute atomic E-state index is 0.312. The Bertz CT molecular complexity index is 879. The number of fused-ring (bicyclic) bond motifs is 1. The van der Waals surface area contributed by atoms with Crippen LogP contribution in [-0.2, 0) is 19.1 Å². The van der Waals surface area contributed by atoms with Crippen molar-refractivity contribution < 1.29 is 28.9 Å². The molecule has 4 atom stereocenters. The average molecular weight is 369 g/mol. The van der Waals surface area contributed by atoms with Gasteiger partial charge in [-0.15, -0.1) is 0 Å². The first-order chi connectivity index (χ1) is 13.0. The Labute approximate surface area is 156 Å². The second kappa shape index (κ2) is 6.35. The number of rotatable bonds is 4. The predicted octanol–water partition coefficient (Wildman–Crippen LogP) is 1.03. The molecule has 7 heteroatoms. The van der Waals surface area contributed by atoms with Gasteiger partial charge in [0.15, 0.2) is 11.8 Å². The summed E-state index contributed by atoms with van der Waals surface area (Å²) in [5.41, 5.74) is -0.650. The number of furan rings is 1. The van der Waals surface area contributed by atoms with Gasteiger partial charge in [0.2, 0.25) is 17.4 Å². The molecule has 2 N–H and O–H groups in total. The molecule has 2 aromatic rings. The molecule has 2 aliphatic heterocycles. The largest absolute Gasteiger partial charge is 0.464 e. The zero-order chi connectivity index (χ0) is 19.2. The zero-order valence-corrected chi connectivity index (χ0v) is 15.1. The van der Waals surface area contributed by atoms with Crippen LogP contribution in [0, 0.1) is 11.8 Å². The molecule has 140 valence electrons. The van der Waals surface area contributed by atoms with Crippen molar-refractivity contribution in [3.05, 3.63) is 54.5 Å². The minimum atomic E-state index is -1.16. The quantitative estimate of drug-likeness (QED) is 0.642. The van der Waals surface area contributed by atoms with Crippen molar-refractivity contribution in [2.75, 3.05) is 12.0 Å². The van der Waals surface area contributed by atoms with E-state index in [4.69, 9.17) is 9.15 Å². The van der Waals surface area contributed by atoms with Crippen LogP contribution < -0.4 is 10.2 Å². The molecule has 0 radical (unpaired) electrons. The van der Waals surface area contributed by atoms with Gasteiger partial charge in [0.05, 0.1) is 19.1 Å². The molecule has 2 fully saturated rings. The number of methoxy groups -OCH3 is 1. The molecule has 0 unspecified atom stereocenters. The van der Waals surface area contributed by atoms with Crippen molar-refractivity contribution >= 4 is 23.5 Å². The molecule has 3 heterocycles. The van der Waals surface area contributed by atoms with E-state index in [9.17, 15) is 14.4 Å². The molecule has 27 heavy (non-hydrogen) atoms. The summed E-state index contributed by atoms with van der Waals surface area (Å²) in [6, 6.07) is 11.8. The number of nitrogens with two attached hydrogens (primary N) is 1. The third kappa shape index (κ3) is 2.35. The van der Waals surface area contributed by atoms with E-state index in [2.05, 4.69) is 0 Å². The number of carbonyl (C=O) groups is 3. The number of amides is 2. The van der Waals surface area contributed by atoms with E-state index < -0.39 is 29.4 Å². The molecule has 0 spiro atoms. The van der Waals surface area contributed by atoms with Gasteiger partial charge in [-0.2, -0.15) is 0 Å². The van der Waals surface area contributed by atoms with Crippen LogP contribution >= 0.6 is 0 Å². The van der Waals surface area contributed by atoms with Gasteiger partial charge in [-0.3, -0.25) is 9.59 Å². The summed E-state index contributed by atoms with van der Waals surface area (Å²) < 4.78 is 10.6. The molecule has 1 aromatic heterocycles. The van der Waals surface area contributed by atoms with Gasteiger partial charge in [0, 0.05) is 6.42 Å². The van der Waals surface area contributed by atoms with Crippen molar-refractivity contribution in [1.82, 2.24) is 0 Å². The van der Waals surface area contributed by atoms with Crippen LogP contribution in [0.15, 0.2) is 53.1 Å². The van der Waals surface area contributed by atoms with Crippen LogP contribution in [0.3, 0.4) is 0 Å². The minimum Gasteiger partial charge on any atom is -0.464 e. The Morgan fingerprint density at radius 3 is 2.52 bits per heavy atom. The van der Waals surface area contributed by atoms with Crippen LogP contribution in [0.2, 0.25) is 0 Å². The number of imide groups is 1. The molecular weight excluding hydrogens is 348 g/mol. The lowest BCUT2D eigenvalue weighted by Gasteiger charge is -2.27. The lowest BCUT2D eigenvalue weighted by atomic mass is 9.78. The van der Waals surface area contributed by atoms with E-state index in [-0.39, 0.29) is 11.8 Å². The number of hydrogen-bond acceptors (Lipinski definition) is 5. The smallest absolute Gasteiger partial charge is 0.368 e. The molecular formula is C20H21N2O5+. The van der Waals surface area contributed by atoms with Gasteiger partial charge in [-0.05, 0) is 24.3 Å². The summed E-state index contributed by atoms with van der Waals surface area (Å²) in [5, 5.41) is 1.78. The topological polar surface area (TPSA) is 93.4 Å². The number of quaternary nitrogens is 1. The highest BCUT2D eigenvalue weighted by molar-refractivity contribution is 6.23. The predicted molar refractivity (Wildman–Crippen MR) is 94.3 cm³/mol. The number of benzene rings is 1. The Balaban J connectivity index is 1.85. The molecule has 2 saturated heterocycles. The first-order valence-electron chi connectivity index (χ1n) is 8.96. The summed E-state index contributed by atoms with van der Waals surface area (Å²) in [6.07, 6.45) is 1.89. The fraction of sp³-hybridized carbons (Fsp3) is 0.350. The van der Waals surface area contributed by atoms with Gasteiger partial charge in [-0.25, -0.2) is 9.69 Å². The molecule has 0 saturated carbocycles. The first kappa shape index (κ1) is 17.5. The Hall–Kier alpha value is -2.93. The van der Waals surface area contributed by atoms with Gasteiger partial charge >= 0.3 is 5.97 Å². The van der Waals surface area contributed by atoms with Crippen LogP contribution in [0.25, 0.3) is 0 Å². The standard InChI is InChI=1S/C20H20N2O5/c1-3-20(19(25)26-2)15-14(16(21-20)13-10-7-11-27-13)17(23)22(18(15)24)12-8-5-4-6-9-12/h4-11,14-16,21H,3H2,1-2H3/p+1/t14-,15+,16-,20+/m0/s1. The van der Waals surface area contributed by atoms with Crippen molar-refractivity contribution in [2.24, 2.45) is 11.8 Å². The Morgan fingerprint density at radius 2 is 1.93 bits per heavy atom. The normalized spacial score (nSPS) is 29.9. The third-order valence-electron chi connectivity index (χ3n) is 5.81. The van der Waals surface area contributed by atoms with Crippen LogP contribution in [0.4, 0.5) is 5.69 Å². The van der Waals surface area contributed by atoms with Gasteiger partial charge < -0.3 is 14.5 Å². The van der Waals surface area contributed by atoms with Crippen molar-refractivity contribution in [3.63, 3.8) is 0 Å². The molecule has 1 aromatic carbocycles. The number of para-hydroxylation sites is 1. The maximum absolute atomic E-state index is 13.4. The fourth-order valence-electron chi connectivity index (χ4n) is 4.56. The molecule has 7 nitrogen and oxygen atoms in total. The SMILES string of the molecule is CC[C@@]1(C(=O)OC)[NH2+][C@@H](c2ccco2)[C@H]2C(=O)N(c3ccccc3)C(=O)[C@@H]21. The second-order valence-electron chi connectivity index (χ2n) is 6.94. The van der Waals surface area contributed by atoms with E-state index >= 15 is 0 Å². The number of esters is 1. The Morgan fingerprint density at radius 1 is 1.19 bits per heavy atom. The summed E-state index contributed by atoms with van der Waals surface area (Å²) in [4.78, 5) is 40.6. The van der Waals surface area contributed by atoms with E-state index in [0.29, 0.717) is 17.9 Å². The van der Waals surface area contributed by atoms with E-state index in [1.807, 2.05) is 13.0 Å². The monoisotopic (exact) mass is 369 g/mol. The lowest BCUT2D eigenvalue weighted by Crippen LogP contribution is -2.98. The van der Waals surface area contributed by atoms with Gasteiger partial charge in [0.1, 0.15) is 11.8 Å². The third-order valence-corrected chi connectivity index (χ3v) is 5.81. The molecule has 2 aliphatic rings. The fourth-order valence-corrected chi connectivity index (χ4v) is 4.56. The van der Waals surface area contributed by atoms with Crippen LogP contribution in [0.5, 0.6) is 0 Å². The summed E-state index contributed by atoms with van der Waals surface area (Å²) in [5.74, 6) is -2.10. The molecule has 4 rings (SSSR count). The average Bonchev–Trinajstić information content (AvgIpc) is 3.39. The van der Waals surface area contributed by atoms with Crippen molar-refractivity contribution in [1.29, 1.82) is 0 Å². The Kier molecular flexibility index (Phi) is 4.11. The highest BCUT2D eigenvalue weighted by atomic mass is 16.5. The summed E-state index contributed by atoms with van der Waals surface area (Å²) in [6.45, 7) is 1.83. The van der Waals surface area contributed by atoms with Crippen LogP contribution in [-0.4, -0.2) is 30.4 Å². The summed E-state index contributed by atoms with van der Waals surface area (Å²) >= 11 is 0. The maximum Gasteiger partial charge on any atom is 0.368 e. The number of hydrogen-bond donors (Lipinski definition) is 1. The zero-order valence-electron chi connectivity index (χ0n) is 15.1. The van der Waals surface area contributed by atoms with E-state index in [1.165, 1.54) is 18.3 Å². The van der Waals surface area contributed by atoms with Crippen molar-refractivity contribution in [2.45, 2.75) is 24.9 Å². The maximum atomic E-state index is 13.4. The lowest BCUT2D eigenvalue weighted by molar-refractivity contribution is -0.735. The molecule has 2 amide bonds. The van der Waals surface area contributed by atoms with E-state index in [0.717, 1.165) is 0 Å². The first-order valence-corrected chi connectivity index (χ1v) is 8.96. The van der Waals surface area contributed by atoms with Crippen LogP contribution in [0.1, 0.15) is 25.1 Å². The number of carbonyl (C=O) groups excluding carboxylic acids is 3. The van der Waals surface area contributed by atoms with E-state index in [1.54, 1.807) is 41.7 Å². The van der Waals surface area contributed by atoms with Crippen molar-refractivity contribution in [3.8, 4) is 0 Å². The highest BCUT2D eigenvalue weighted by Gasteiger charge is 2.72. The summed E-state index contributed by atoms with van der Waals surface area (Å²) in [7, 11) is 1.30. The molecule has 0 aliphatic carbocycles. The number of anilines is 1. The number of ether oxygens (including phenoxy) is 1. The van der Waals surface area contributed by atoms with Gasteiger partial charge in [0.25, 0.3) is 0 Å². The second-order valence-corrected chi connectivity index (χ2v) is 6.94. The van der Waals surface area contributed by atoms with Gasteiger partial charge in [-0.1, -0.05) is 25.1 Å². The number of nitrogens with zero attached hydrogens (tertiary/aromatic N) is 1. The molecule has 0 bridgehead atoms. The highest BCUT2D eigenvalue weighted by Crippen LogP contribution is 2.46.